The maximum Gasteiger partial charge on any atom is 0.152 e. The molecule has 1 aromatic rings. The third kappa shape index (κ3) is 3.14. The van der Waals surface area contributed by atoms with Gasteiger partial charge in [-0.05, 0) is 34.8 Å². The molecule has 0 unspecified atom stereocenters. The monoisotopic (exact) mass is 276 g/mol. The van der Waals surface area contributed by atoms with Crippen LogP contribution in [0.2, 0.25) is 5.15 Å². The van der Waals surface area contributed by atoms with Crippen LogP contribution in [0.15, 0.2) is 16.7 Å². The minimum Gasteiger partial charge on any atom is -0.380 e. The lowest BCUT2D eigenvalue weighted by atomic mass is 10.1. The van der Waals surface area contributed by atoms with Crippen LogP contribution in [0.4, 0.5) is 5.69 Å². The highest BCUT2D eigenvalue weighted by Gasteiger charge is 2.07. The summed E-state index contributed by atoms with van der Waals surface area (Å²) in [6.45, 7) is 4.31. The Morgan fingerprint density at radius 3 is 2.71 bits per heavy atom. The lowest BCUT2D eigenvalue weighted by Gasteiger charge is -2.16. The van der Waals surface area contributed by atoms with Crippen molar-refractivity contribution in [2.75, 3.05) is 5.32 Å². The summed E-state index contributed by atoms with van der Waals surface area (Å²) < 4.78 is 0.940. The second kappa shape index (κ2) is 5.56. The van der Waals surface area contributed by atoms with Crippen LogP contribution in [0.25, 0.3) is 0 Å². The van der Waals surface area contributed by atoms with E-state index in [4.69, 9.17) is 11.6 Å². The molecule has 0 saturated carbocycles. The molecule has 0 saturated heterocycles. The van der Waals surface area contributed by atoms with E-state index in [9.17, 15) is 0 Å². The first-order valence-electron chi connectivity index (χ1n) is 4.75. The number of halogens is 2. The van der Waals surface area contributed by atoms with Crippen LogP contribution in [0.5, 0.6) is 0 Å². The van der Waals surface area contributed by atoms with Gasteiger partial charge in [-0.1, -0.05) is 25.4 Å². The van der Waals surface area contributed by atoms with Crippen molar-refractivity contribution in [2.45, 2.75) is 32.7 Å². The first-order chi connectivity index (χ1) is 6.67. The molecule has 1 aromatic heterocycles. The van der Waals surface area contributed by atoms with Gasteiger partial charge < -0.3 is 5.32 Å². The number of aromatic nitrogens is 1. The molecule has 0 aliphatic rings. The summed E-state index contributed by atoms with van der Waals surface area (Å²) in [6, 6.07) is 2.41. The first kappa shape index (κ1) is 11.8. The molecule has 2 nitrogen and oxygen atoms in total. The SMILES string of the molecule is CCC(CC)Nc1cc(Br)cnc1Cl. The molecule has 1 rings (SSSR count). The molecule has 0 spiro atoms. The Morgan fingerprint density at radius 1 is 1.50 bits per heavy atom. The van der Waals surface area contributed by atoms with Gasteiger partial charge in [-0.15, -0.1) is 0 Å². The Hall–Kier alpha value is -0.280. The summed E-state index contributed by atoms with van der Waals surface area (Å²) in [7, 11) is 0. The maximum absolute atomic E-state index is 5.96. The fraction of sp³-hybridized carbons (Fsp3) is 0.500. The summed E-state index contributed by atoms with van der Waals surface area (Å²) in [4.78, 5) is 4.06. The molecule has 4 heteroatoms. The van der Waals surface area contributed by atoms with Gasteiger partial charge >= 0.3 is 0 Å². The van der Waals surface area contributed by atoms with E-state index in [1.165, 1.54) is 0 Å². The zero-order valence-corrected chi connectivity index (χ0v) is 10.7. The molecular weight excluding hydrogens is 263 g/mol. The van der Waals surface area contributed by atoms with Crippen LogP contribution in [-0.2, 0) is 0 Å². The lowest BCUT2D eigenvalue weighted by Crippen LogP contribution is -2.17. The van der Waals surface area contributed by atoms with E-state index in [-0.39, 0.29) is 0 Å². The Morgan fingerprint density at radius 2 is 2.14 bits per heavy atom. The van der Waals surface area contributed by atoms with E-state index in [1.54, 1.807) is 6.20 Å². The Kier molecular flexibility index (Phi) is 4.69. The normalized spacial score (nSPS) is 10.6. The van der Waals surface area contributed by atoms with Gasteiger partial charge in [0.05, 0.1) is 5.69 Å². The zero-order chi connectivity index (χ0) is 10.6. The number of rotatable bonds is 4. The minimum atomic E-state index is 0.462. The van der Waals surface area contributed by atoms with Gasteiger partial charge in [0.2, 0.25) is 0 Å². The molecule has 0 bridgehead atoms. The Bertz CT molecular complexity index is 300. The lowest BCUT2D eigenvalue weighted by molar-refractivity contribution is 0.671. The fourth-order valence-electron chi connectivity index (χ4n) is 1.24. The molecule has 0 aliphatic carbocycles. The molecule has 0 radical (unpaired) electrons. The molecule has 0 amide bonds. The van der Waals surface area contributed by atoms with Gasteiger partial charge in [0.1, 0.15) is 0 Å². The number of nitrogens with one attached hydrogen (secondary N) is 1. The molecule has 1 heterocycles. The molecule has 0 fully saturated rings. The summed E-state index contributed by atoms with van der Waals surface area (Å²) >= 11 is 9.33. The molecular formula is C10H14BrClN2. The van der Waals surface area contributed by atoms with Gasteiger partial charge in [0, 0.05) is 16.7 Å². The van der Waals surface area contributed by atoms with Crippen molar-refractivity contribution in [1.82, 2.24) is 4.98 Å². The second-order valence-corrected chi connectivity index (χ2v) is 4.42. The van der Waals surface area contributed by atoms with Crippen LogP contribution < -0.4 is 5.32 Å². The third-order valence-electron chi connectivity index (χ3n) is 2.15. The van der Waals surface area contributed by atoms with Crippen molar-refractivity contribution >= 4 is 33.2 Å². The predicted molar refractivity (Wildman–Crippen MR) is 64.9 cm³/mol. The van der Waals surface area contributed by atoms with E-state index in [0.717, 1.165) is 23.0 Å². The van der Waals surface area contributed by atoms with E-state index >= 15 is 0 Å². The highest BCUT2D eigenvalue weighted by Crippen LogP contribution is 2.24. The Labute approximate surface area is 98.2 Å². The predicted octanol–water partition coefficient (Wildman–Crippen LogP) is 4.10. The van der Waals surface area contributed by atoms with Gasteiger partial charge in [-0.2, -0.15) is 0 Å². The number of hydrogen-bond acceptors (Lipinski definition) is 2. The van der Waals surface area contributed by atoms with Crippen LogP contribution in [0.3, 0.4) is 0 Å². The average molecular weight is 278 g/mol. The standard InChI is InChI=1S/C10H14BrClN2/c1-3-8(4-2)14-9-5-7(11)6-13-10(9)12/h5-6,8,14H,3-4H2,1-2H3. The zero-order valence-electron chi connectivity index (χ0n) is 8.35. The topological polar surface area (TPSA) is 24.9 Å². The van der Waals surface area contributed by atoms with E-state index in [2.05, 4.69) is 40.1 Å². The van der Waals surface area contributed by atoms with Gasteiger partial charge in [0.25, 0.3) is 0 Å². The van der Waals surface area contributed by atoms with Crippen LogP contribution in [0, 0.1) is 0 Å². The van der Waals surface area contributed by atoms with Crippen molar-refractivity contribution in [2.24, 2.45) is 0 Å². The van der Waals surface area contributed by atoms with Crippen LogP contribution in [0.1, 0.15) is 26.7 Å². The highest BCUT2D eigenvalue weighted by molar-refractivity contribution is 9.10. The van der Waals surface area contributed by atoms with Crippen molar-refractivity contribution in [1.29, 1.82) is 0 Å². The minimum absolute atomic E-state index is 0.462. The molecule has 0 atom stereocenters. The van der Waals surface area contributed by atoms with E-state index in [0.29, 0.717) is 11.2 Å². The van der Waals surface area contributed by atoms with Crippen LogP contribution >= 0.6 is 27.5 Å². The van der Waals surface area contributed by atoms with Gasteiger partial charge in [0.15, 0.2) is 5.15 Å². The summed E-state index contributed by atoms with van der Waals surface area (Å²) in [5, 5.41) is 3.89. The smallest absolute Gasteiger partial charge is 0.152 e. The van der Waals surface area contributed by atoms with Crippen molar-refractivity contribution in [3.63, 3.8) is 0 Å². The van der Waals surface area contributed by atoms with Gasteiger partial charge in [-0.3, -0.25) is 0 Å². The average Bonchev–Trinajstić information content (AvgIpc) is 2.19. The van der Waals surface area contributed by atoms with E-state index < -0.39 is 0 Å². The number of anilines is 1. The van der Waals surface area contributed by atoms with Crippen LogP contribution in [-0.4, -0.2) is 11.0 Å². The Balaban J connectivity index is 2.79. The summed E-state index contributed by atoms with van der Waals surface area (Å²) in [5.74, 6) is 0. The molecule has 14 heavy (non-hydrogen) atoms. The number of nitrogens with zero attached hydrogens (tertiary/aromatic N) is 1. The largest absolute Gasteiger partial charge is 0.380 e. The van der Waals surface area contributed by atoms with Crippen molar-refractivity contribution < 1.29 is 0 Å². The summed E-state index contributed by atoms with van der Waals surface area (Å²) in [6.07, 6.45) is 3.86. The van der Waals surface area contributed by atoms with Gasteiger partial charge in [-0.25, -0.2) is 4.98 Å². The summed E-state index contributed by atoms with van der Waals surface area (Å²) in [5.41, 5.74) is 0.898. The second-order valence-electron chi connectivity index (χ2n) is 3.15. The maximum atomic E-state index is 5.96. The fourth-order valence-corrected chi connectivity index (χ4v) is 1.73. The number of pyridine rings is 1. The quantitative estimate of drug-likeness (QED) is 0.838. The van der Waals surface area contributed by atoms with Crippen molar-refractivity contribution in [3.8, 4) is 0 Å². The van der Waals surface area contributed by atoms with Crippen molar-refractivity contribution in [3.05, 3.63) is 21.9 Å². The molecule has 1 N–H and O–H groups in total. The molecule has 78 valence electrons. The molecule has 0 aromatic carbocycles. The van der Waals surface area contributed by atoms with E-state index in [1.807, 2.05) is 6.07 Å². The highest BCUT2D eigenvalue weighted by atomic mass is 79.9. The first-order valence-corrected chi connectivity index (χ1v) is 5.92. The number of hydrogen-bond donors (Lipinski definition) is 1. The molecule has 0 aliphatic heterocycles. The third-order valence-corrected chi connectivity index (χ3v) is 2.89.